The number of hydrazine groups is 1. The number of carbonyl (C=O) groups is 2. The van der Waals surface area contributed by atoms with Crippen LogP contribution in [0.25, 0.3) is 0 Å². The Labute approximate surface area is 211 Å². The van der Waals surface area contributed by atoms with E-state index in [2.05, 4.69) is 10.7 Å². The molecule has 2 saturated heterocycles. The van der Waals surface area contributed by atoms with Crippen molar-refractivity contribution in [3.05, 3.63) is 33.8 Å². The molecule has 3 unspecified atom stereocenters. The van der Waals surface area contributed by atoms with Crippen LogP contribution in [0.5, 0.6) is 0 Å². The first kappa shape index (κ1) is 27.3. The van der Waals surface area contributed by atoms with Gasteiger partial charge in [0.2, 0.25) is 0 Å². The van der Waals surface area contributed by atoms with Gasteiger partial charge in [-0.05, 0) is 50.4 Å². The Morgan fingerprint density at radius 3 is 2.68 bits per heavy atom. The molecule has 3 N–H and O–H groups in total. The molecule has 34 heavy (non-hydrogen) atoms. The van der Waals surface area contributed by atoms with Crippen LogP contribution in [0, 0.1) is 0 Å². The van der Waals surface area contributed by atoms with Crippen LogP contribution in [0.3, 0.4) is 0 Å². The average Bonchev–Trinajstić information content (AvgIpc) is 3.26. The zero-order chi connectivity index (χ0) is 25.3. The Morgan fingerprint density at radius 1 is 1.38 bits per heavy atom. The Hall–Kier alpha value is -1.31. The van der Waals surface area contributed by atoms with Gasteiger partial charge in [0, 0.05) is 51.0 Å². The maximum absolute atomic E-state index is 13.5. The second-order valence-corrected chi connectivity index (χ2v) is 10.8. The van der Waals surface area contributed by atoms with Crippen LogP contribution in [0.1, 0.15) is 31.7 Å². The maximum Gasteiger partial charge on any atom is 0.407 e. The molecule has 0 aromatic heterocycles. The summed E-state index contributed by atoms with van der Waals surface area (Å²) in [7, 11) is 1.33. The Balaban J connectivity index is 2.04. The third-order valence-electron chi connectivity index (χ3n) is 7.21. The fourth-order valence-electron chi connectivity index (χ4n) is 5.33. The average molecular weight is 535 g/mol. The Kier molecular flexibility index (Phi) is 8.63. The van der Waals surface area contributed by atoms with Crippen LogP contribution in [-0.4, -0.2) is 97.4 Å². The summed E-state index contributed by atoms with van der Waals surface area (Å²) in [5.74, 6) is -0.212. The van der Waals surface area contributed by atoms with Gasteiger partial charge in [-0.1, -0.05) is 29.3 Å². The van der Waals surface area contributed by atoms with Crippen molar-refractivity contribution in [3.8, 4) is 0 Å². The third-order valence-corrected chi connectivity index (χ3v) is 8.52. The van der Waals surface area contributed by atoms with Gasteiger partial charge in [-0.25, -0.2) is 10.2 Å². The fourth-order valence-corrected chi connectivity index (χ4v) is 5.81. The van der Waals surface area contributed by atoms with E-state index >= 15 is 0 Å². The number of likely N-dealkylation sites (tertiary alicyclic amines) is 1. The number of piperazine rings is 1. The number of benzene rings is 1. The first-order chi connectivity index (χ1) is 15.9. The largest absolute Gasteiger partial charge is 0.759 e. The second-order valence-electron chi connectivity index (χ2n) is 8.96. The van der Waals surface area contributed by atoms with E-state index in [1.165, 1.54) is 18.9 Å². The van der Waals surface area contributed by atoms with E-state index in [-0.39, 0.29) is 31.3 Å². The summed E-state index contributed by atoms with van der Waals surface area (Å²) in [6.45, 7) is 4.96. The molecule has 2 aliphatic heterocycles. The Morgan fingerprint density at radius 2 is 2.09 bits per heavy atom. The monoisotopic (exact) mass is 534 g/mol. The molecule has 13 heteroatoms. The minimum Gasteiger partial charge on any atom is -0.759 e. The SMILES string of the molecule is CC(=O)C(CNN(C)S(=O)[O-])(N1CCC(c2ccc(Cl)c(Cl)c2)C1)[C@@]1(C)CNCCN1C(=O)O. The van der Waals surface area contributed by atoms with Crippen LogP contribution >= 0.6 is 23.2 Å². The van der Waals surface area contributed by atoms with Crippen molar-refractivity contribution in [1.82, 2.24) is 25.0 Å². The fraction of sp³-hybridized carbons (Fsp3) is 0.619. The Bertz CT molecular complexity index is 971. The number of nitrogens with zero attached hydrogens (tertiary/aromatic N) is 3. The van der Waals surface area contributed by atoms with Crippen molar-refractivity contribution >= 4 is 46.3 Å². The summed E-state index contributed by atoms with van der Waals surface area (Å²) >= 11 is 9.73. The summed E-state index contributed by atoms with van der Waals surface area (Å²) in [4.78, 5) is 29.1. The lowest BCUT2D eigenvalue weighted by atomic mass is 9.71. The second kappa shape index (κ2) is 10.8. The van der Waals surface area contributed by atoms with Gasteiger partial charge in [0.1, 0.15) is 5.54 Å². The van der Waals surface area contributed by atoms with Crippen LogP contribution in [0.2, 0.25) is 10.0 Å². The van der Waals surface area contributed by atoms with Crippen LogP contribution in [0.15, 0.2) is 18.2 Å². The molecule has 1 aromatic carbocycles. The van der Waals surface area contributed by atoms with Gasteiger partial charge in [0.25, 0.3) is 0 Å². The minimum atomic E-state index is -2.57. The lowest BCUT2D eigenvalue weighted by Crippen LogP contribution is -2.81. The predicted molar refractivity (Wildman–Crippen MR) is 129 cm³/mol. The minimum absolute atomic E-state index is 0.0401. The number of rotatable bonds is 8. The number of carbonyl (C=O) groups excluding carboxylic acids is 1. The van der Waals surface area contributed by atoms with E-state index in [9.17, 15) is 23.5 Å². The van der Waals surface area contributed by atoms with Gasteiger partial charge in [-0.15, -0.1) is 0 Å². The number of hydrogen-bond acceptors (Lipinski definition) is 7. The van der Waals surface area contributed by atoms with Gasteiger partial charge in [0.15, 0.2) is 5.78 Å². The molecule has 3 rings (SSSR count). The molecule has 0 bridgehead atoms. The smallest absolute Gasteiger partial charge is 0.407 e. The summed E-state index contributed by atoms with van der Waals surface area (Å²) < 4.78 is 23.8. The lowest BCUT2D eigenvalue weighted by Gasteiger charge is -2.58. The quantitative estimate of drug-likeness (QED) is 0.339. The third kappa shape index (κ3) is 4.98. The number of ketones is 1. The van der Waals surface area contributed by atoms with Crippen LogP contribution in [0.4, 0.5) is 4.79 Å². The molecule has 0 spiro atoms. The molecular weight excluding hydrogens is 505 g/mol. The molecule has 1 amide bonds. The van der Waals surface area contributed by atoms with Crippen molar-refractivity contribution in [2.75, 3.05) is 46.3 Å². The standard InChI is InChI=1S/C21H31Cl2N5O5S/c1-14(29)21(13-25-26(3)34(32)33,20(2)12-24-7-9-28(20)19(30)31)27-8-6-16(11-27)15-4-5-17(22)18(23)10-15/h4-5,10,16,24-25H,6-9,11-13H2,1-3H3,(H,30,31)(H,32,33)/p-1/t16?,20-,21?/m1/s1. The van der Waals surface area contributed by atoms with Crippen LogP contribution < -0.4 is 10.7 Å². The summed E-state index contributed by atoms with van der Waals surface area (Å²) in [6.07, 6.45) is -0.414. The molecule has 2 heterocycles. The van der Waals surface area contributed by atoms with Crippen molar-refractivity contribution in [3.63, 3.8) is 0 Å². The molecular formula is C21H30Cl2N5O5S-. The van der Waals surface area contributed by atoms with Crippen LogP contribution in [-0.2, 0) is 16.1 Å². The number of amides is 1. The molecule has 4 atom stereocenters. The zero-order valence-corrected chi connectivity index (χ0v) is 21.7. The highest BCUT2D eigenvalue weighted by molar-refractivity contribution is 7.76. The molecule has 0 radical (unpaired) electrons. The zero-order valence-electron chi connectivity index (χ0n) is 19.3. The van der Waals surface area contributed by atoms with Crippen molar-refractivity contribution < 1.29 is 23.5 Å². The van der Waals surface area contributed by atoms with E-state index in [1.807, 2.05) is 17.0 Å². The molecule has 190 valence electrons. The van der Waals surface area contributed by atoms with E-state index < -0.39 is 28.4 Å². The lowest BCUT2D eigenvalue weighted by molar-refractivity contribution is -0.141. The van der Waals surface area contributed by atoms with Gasteiger partial charge < -0.3 is 15.0 Å². The summed E-state index contributed by atoms with van der Waals surface area (Å²) in [5.41, 5.74) is 1.26. The highest BCUT2D eigenvalue weighted by atomic mass is 35.5. The summed E-state index contributed by atoms with van der Waals surface area (Å²) in [6, 6.07) is 5.45. The maximum atomic E-state index is 13.5. The molecule has 2 aliphatic rings. The first-order valence-electron chi connectivity index (χ1n) is 10.9. The van der Waals surface area contributed by atoms with Gasteiger partial charge in [0.05, 0.1) is 15.6 Å². The predicted octanol–water partition coefficient (Wildman–Crippen LogP) is 1.68. The number of carboxylic acid groups (broad SMARTS) is 1. The highest BCUT2D eigenvalue weighted by Crippen LogP contribution is 2.41. The molecule has 2 fully saturated rings. The van der Waals surface area contributed by atoms with E-state index in [1.54, 1.807) is 13.0 Å². The summed E-state index contributed by atoms with van der Waals surface area (Å²) in [5, 5.41) is 14.2. The number of Topliss-reactive ketones (excluding diaryl/α,β-unsaturated/α-hetero) is 1. The van der Waals surface area contributed by atoms with Crippen molar-refractivity contribution in [1.29, 1.82) is 0 Å². The van der Waals surface area contributed by atoms with E-state index in [0.29, 0.717) is 36.1 Å². The molecule has 0 aliphatic carbocycles. The number of halogens is 2. The first-order valence-corrected chi connectivity index (χ1v) is 12.7. The number of hydrogen-bond donors (Lipinski definition) is 3. The number of nitrogens with one attached hydrogen (secondary N) is 2. The molecule has 0 saturated carbocycles. The van der Waals surface area contributed by atoms with Gasteiger partial charge >= 0.3 is 6.09 Å². The topological polar surface area (TPSA) is 128 Å². The van der Waals surface area contributed by atoms with E-state index in [0.717, 1.165) is 9.98 Å². The van der Waals surface area contributed by atoms with Crippen molar-refractivity contribution in [2.45, 2.75) is 37.3 Å². The van der Waals surface area contributed by atoms with Crippen molar-refractivity contribution in [2.24, 2.45) is 0 Å². The molecule has 10 nitrogen and oxygen atoms in total. The normalized spacial score (nSPS) is 26.4. The van der Waals surface area contributed by atoms with Gasteiger partial charge in [-0.3, -0.25) is 18.8 Å². The molecule has 1 aromatic rings. The highest BCUT2D eigenvalue weighted by Gasteiger charge is 2.61. The van der Waals surface area contributed by atoms with E-state index in [4.69, 9.17) is 23.2 Å². The van der Waals surface area contributed by atoms with Gasteiger partial charge in [-0.2, -0.15) is 4.41 Å².